The van der Waals surface area contributed by atoms with Crippen molar-refractivity contribution in [3.05, 3.63) is 103 Å². The lowest BCUT2D eigenvalue weighted by Gasteiger charge is -2.10. The first-order valence-corrected chi connectivity index (χ1v) is 13.6. The van der Waals surface area contributed by atoms with Crippen molar-refractivity contribution in [1.29, 1.82) is 0 Å². The predicted octanol–water partition coefficient (Wildman–Crippen LogP) is 8.25. The molecule has 1 amide bonds. The molecule has 1 heterocycles. The largest absolute Gasteiger partial charge is 0.488 e. The average Bonchev–Trinajstić information content (AvgIpc) is 3.31. The number of benzene rings is 3. The second kappa shape index (κ2) is 12.8. The fourth-order valence-corrected chi connectivity index (χ4v) is 4.69. The predicted molar refractivity (Wildman–Crippen MR) is 151 cm³/mol. The number of halogens is 6. The monoisotopic (exact) mass is 656 g/mol. The van der Waals surface area contributed by atoms with Crippen molar-refractivity contribution in [2.45, 2.75) is 19.2 Å². The molecule has 0 aliphatic carbocycles. The Labute approximate surface area is 243 Å². The molecule has 6 nitrogen and oxygen atoms in total. The third-order valence-corrected chi connectivity index (χ3v) is 7.12. The number of nitrogens with zero attached hydrogens (tertiary/aromatic N) is 2. The summed E-state index contributed by atoms with van der Waals surface area (Å²) in [5.41, 5.74) is 3.80. The second-order valence-electron chi connectivity index (χ2n) is 8.04. The van der Waals surface area contributed by atoms with E-state index in [2.05, 4.69) is 36.8 Å². The average molecular weight is 658 g/mol. The maximum Gasteiger partial charge on any atom is 0.416 e. The van der Waals surface area contributed by atoms with Crippen molar-refractivity contribution >= 4 is 73.4 Å². The van der Waals surface area contributed by atoms with Crippen molar-refractivity contribution in [2.75, 3.05) is 5.32 Å². The summed E-state index contributed by atoms with van der Waals surface area (Å²) in [7, 11) is 0. The smallest absolute Gasteiger partial charge is 0.416 e. The third-order valence-electron chi connectivity index (χ3n) is 5.08. The van der Waals surface area contributed by atoms with Gasteiger partial charge in [0.05, 0.1) is 33.9 Å². The Morgan fingerprint density at radius 2 is 1.92 bits per heavy atom. The van der Waals surface area contributed by atoms with Crippen molar-refractivity contribution < 1.29 is 22.7 Å². The fraction of sp³-hybridized carbons (Fsp3) is 0.115. The number of anilines is 2. The van der Waals surface area contributed by atoms with Crippen molar-refractivity contribution in [1.82, 2.24) is 10.4 Å². The first-order chi connectivity index (χ1) is 18.6. The van der Waals surface area contributed by atoms with Gasteiger partial charge in [0.15, 0.2) is 5.13 Å². The first kappa shape index (κ1) is 28.9. The number of aromatic nitrogens is 1. The fourth-order valence-electron chi connectivity index (χ4n) is 3.26. The SMILES string of the molecule is O=C(Cc1csc(Nc2cccc(C(F)(F)F)c2)n1)N/N=C\c1cc(Br)ccc1OCc1ccc(Cl)c(Cl)c1. The zero-order valence-corrected chi connectivity index (χ0v) is 23.6. The highest BCUT2D eigenvalue weighted by Crippen LogP contribution is 2.32. The van der Waals surface area contributed by atoms with E-state index in [9.17, 15) is 18.0 Å². The van der Waals surface area contributed by atoms with Crippen LogP contribution in [0.2, 0.25) is 10.0 Å². The molecule has 0 aliphatic heterocycles. The van der Waals surface area contributed by atoms with Gasteiger partial charge >= 0.3 is 6.18 Å². The van der Waals surface area contributed by atoms with E-state index in [4.69, 9.17) is 27.9 Å². The summed E-state index contributed by atoms with van der Waals surface area (Å²) >= 11 is 16.6. The molecule has 4 aromatic rings. The summed E-state index contributed by atoms with van der Waals surface area (Å²) in [4.78, 5) is 16.6. The van der Waals surface area contributed by atoms with Crippen LogP contribution < -0.4 is 15.5 Å². The Morgan fingerprint density at radius 1 is 1.10 bits per heavy atom. The van der Waals surface area contributed by atoms with Crippen molar-refractivity contribution in [3.63, 3.8) is 0 Å². The number of hydrogen-bond donors (Lipinski definition) is 2. The van der Waals surface area contributed by atoms with Crippen LogP contribution in [0.5, 0.6) is 5.75 Å². The molecule has 1 aromatic heterocycles. The molecule has 39 heavy (non-hydrogen) atoms. The highest BCUT2D eigenvalue weighted by atomic mass is 79.9. The molecular formula is C26H18BrCl2F3N4O2S. The van der Waals surface area contributed by atoms with Crippen LogP contribution in [0.1, 0.15) is 22.4 Å². The number of alkyl halides is 3. The van der Waals surface area contributed by atoms with Crippen LogP contribution in [0, 0.1) is 0 Å². The molecule has 0 bridgehead atoms. The number of nitrogens with one attached hydrogen (secondary N) is 2. The molecule has 0 atom stereocenters. The summed E-state index contributed by atoms with van der Waals surface area (Å²) in [6, 6.07) is 15.4. The van der Waals surface area contributed by atoms with Crippen LogP contribution in [0.4, 0.5) is 24.0 Å². The minimum atomic E-state index is -4.45. The van der Waals surface area contributed by atoms with Gasteiger partial charge in [-0.3, -0.25) is 4.79 Å². The van der Waals surface area contributed by atoms with E-state index in [0.717, 1.165) is 22.2 Å². The molecule has 0 aliphatic rings. The van der Waals surface area contributed by atoms with Crippen molar-refractivity contribution in [2.24, 2.45) is 5.10 Å². The Bertz CT molecular complexity index is 1510. The summed E-state index contributed by atoms with van der Waals surface area (Å²) < 4.78 is 45.5. The van der Waals surface area contributed by atoms with Crippen molar-refractivity contribution in [3.8, 4) is 5.75 Å². The number of thiazole rings is 1. The van der Waals surface area contributed by atoms with Crippen LogP contribution in [-0.2, 0) is 24.0 Å². The molecule has 0 unspecified atom stereocenters. The van der Waals surface area contributed by atoms with Crippen LogP contribution >= 0.6 is 50.5 Å². The highest BCUT2D eigenvalue weighted by Gasteiger charge is 2.30. The summed E-state index contributed by atoms with van der Waals surface area (Å²) in [5, 5.41) is 9.73. The zero-order chi connectivity index (χ0) is 28.0. The molecule has 2 N–H and O–H groups in total. The standard InChI is InChI=1S/C26H18BrCl2F3N4O2S/c27-18-5-7-23(38-13-15-4-6-21(28)22(29)8-15)16(9-18)12-33-36-24(37)11-20-14-39-25(35-20)34-19-3-1-2-17(10-19)26(30,31)32/h1-10,12,14H,11,13H2,(H,34,35)(H,36,37)/b33-12-. The van der Waals surface area contributed by atoms with E-state index in [1.54, 1.807) is 35.7 Å². The van der Waals surface area contributed by atoms with Crippen LogP contribution in [0.3, 0.4) is 0 Å². The van der Waals surface area contributed by atoms with Gasteiger partial charge in [0.2, 0.25) is 5.91 Å². The minimum absolute atomic E-state index is 0.0721. The van der Waals surface area contributed by atoms with Gasteiger partial charge in [-0.25, -0.2) is 10.4 Å². The second-order valence-corrected chi connectivity index (χ2v) is 10.6. The van der Waals surface area contributed by atoms with Gasteiger partial charge in [-0.15, -0.1) is 11.3 Å². The maximum atomic E-state index is 12.9. The normalized spacial score (nSPS) is 11.5. The lowest BCUT2D eigenvalue weighted by Crippen LogP contribution is -2.20. The third kappa shape index (κ3) is 8.43. The number of carbonyl (C=O) groups excluding carboxylic acids is 1. The molecule has 0 saturated carbocycles. The Kier molecular flexibility index (Phi) is 9.49. The van der Waals surface area contributed by atoms with E-state index in [1.165, 1.54) is 29.7 Å². The van der Waals surface area contributed by atoms with E-state index >= 15 is 0 Å². The van der Waals surface area contributed by atoms with Gasteiger partial charge in [-0.2, -0.15) is 18.3 Å². The van der Waals surface area contributed by atoms with E-state index in [1.807, 2.05) is 6.07 Å². The summed E-state index contributed by atoms with van der Waals surface area (Å²) in [6.07, 6.45) is -3.07. The quantitative estimate of drug-likeness (QED) is 0.140. The number of hydrogen-bond acceptors (Lipinski definition) is 6. The zero-order valence-electron chi connectivity index (χ0n) is 19.7. The molecule has 3 aromatic carbocycles. The topological polar surface area (TPSA) is 75.6 Å². The maximum absolute atomic E-state index is 12.9. The lowest BCUT2D eigenvalue weighted by molar-refractivity contribution is -0.137. The first-order valence-electron chi connectivity index (χ1n) is 11.1. The Morgan fingerprint density at radius 3 is 2.69 bits per heavy atom. The Balaban J connectivity index is 1.33. The lowest BCUT2D eigenvalue weighted by atomic mass is 10.2. The van der Waals surface area contributed by atoms with E-state index in [0.29, 0.717) is 32.2 Å². The number of carbonyl (C=O) groups is 1. The number of amides is 1. The van der Waals surface area contributed by atoms with E-state index in [-0.39, 0.29) is 18.7 Å². The summed E-state index contributed by atoms with van der Waals surface area (Å²) in [5.74, 6) is 0.113. The molecule has 4 rings (SSSR count). The number of rotatable bonds is 9. The summed E-state index contributed by atoms with van der Waals surface area (Å²) in [6.45, 7) is 0.242. The van der Waals surface area contributed by atoms with Crippen LogP contribution in [0.15, 0.2) is 75.6 Å². The molecular weight excluding hydrogens is 640 g/mol. The van der Waals surface area contributed by atoms with Gasteiger partial charge < -0.3 is 10.1 Å². The molecule has 0 radical (unpaired) electrons. The molecule has 0 saturated heterocycles. The van der Waals surface area contributed by atoms with E-state index < -0.39 is 17.6 Å². The Hall–Kier alpha value is -3.12. The molecule has 0 fully saturated rings. The van der Waals surface area contributed by atoms with Crippen LogP contribution in [0.25, 0.3) is 0 Å². The molecule has 13 heteroatoms. The minimum Gasteiger partial charge on any atom is -0.488 e. The number of hydrazone groups is 1. The molecule has 202 valence electrons. The number of ether oxygens (including phenoxy) is 1. The van der Waals surface area contributed by atoms with Gasteiger partial charge in [-0.1, -0.05) is 51.3 Å². The van der Waals surface area contributed by atoms with Gasteiger partial charge in [0.1, 0.15) is 12.4 Å². The van der Waals surface area contributed by atoms with Gasteiger partial charge in [0.25, 0.3) is 0 Å². The highest BCUT2D eigenvalue weighted by molar-refractivity contribution is 9.10. The van der Waals surface area contributed by atoms with Gasteiger partial charge in [-0.05, 0) is 54.1 Å². The van der Waals surface area contributed by atoms with Gasteiger partial charge in [0, 0.05) is 21.1 Å². The van der Waals surface area contributed by atoms with Crippen LogP contribution in [-0.4, -0.2) is 17.1 Å². The molecule has 0 spiro atoms.